The molecule has 0 aliphatic heterocycles. The molecule has 0 saturated carbocycles. The van der Waals surface area contributed by atoms with Crippen LogP contribution in [0.3, 0.4) is 0 Å². The Hall–Kier alpha value is -16.5. The number of benzene rings is 20. The number of aromatic nitrogens is 2. The highest BCUT2D eigenvalue weighted by Gasteiger charge is 2.22. The van der Waals surface area contributed by atoms with Gasteiger partial charge in [0.1, 0.15) is 22.3 Å². The minimum absolute atomic E-state index is 0.898. The molecule has 24 aromatic rings. The second-order valence-electron chi connectivity index (χ2n) is 31.9. The predicted octanol–water partition coefficient (Wildman–Crippen LogP) is 33.1. The number of furan rings is 2. The zero-order valence-electron chi connectivity index (χ0n) is 67.6. The molecule has 0 fully saturated rings. The molecule has 24 rings (SSSR count). The summed E-state index contributed by atoms with van der Waals surface area (Å²) in [5.41, 5.74) is 33.4. The van der Waals surface area contributed by atoms with Gasteiger partial charge < -0.3 is 27.8 Å². The largest absolute Gasteiger partial charge is 0.456 e. The summed E-state index contributed by atoms with van der Waals surface area (Å²) >= 11 is 0. The molecule has 582 valence electrons. The summed E-state index contributed by atoms with van der Waals surface area (Å²) in [7, 11) is 0. The number of fused-ring (bicyclic) bond motifs is 13. The summed E-state index contributed by atoms with van der Waals surface area (Å²) < 4.78 is 17.4. The van der Waals surface area contributed by atoms with Crippen LogP contribution in [0.15, 0.2) is 482 Å². The van der Waals surface area contributed by atoms with Gasteiger partial charge in [-0.05, 0) is 223 Å². The molecule has 0 bridgehead atoms. The van der Waals surface area contributed by atoms with E-state index in [0.717, 1.165) is 123 Å². The number of anilines is 6. The van der Waals surface area contributed by atoms with Crippen molar-refractivity contribution in [3.63, 3.8) is 0 Å². The average molecular weight is 1580 g/mol. The highest BCUT2D eigenvalue weighted by Crippen LogP contribution is 2.45. The average Bonchev–Trinajstić information content (AvgIpc) is 1.20. The van der Waals surface area contributed by atoms with Crippen LogP contribution in [0.4, 0.5) is 34.1 Å². The molecule has 0 radical (unpaired) electrons. The fourth-order valence-corrected chi connectivity index (χ4v) is 18.5. The Labute approximate surface area is 717 Å². The van der Waals surface area contributed by atoms with Crippen LogP contribution in [0, 0.1) is 0 Å². The van der Waals surface area contributed by atoms with Gasteiger partial charge in [-0.15, -0.1) is 0 Å². The Bertz CT molecular complexity index is 8020. The number of para-hydroxylation sites is 7. The molecule has 0 aliphatic carbocycles. The summed E-state index contributed by atoms with van der Waals surface area (Å²) in [6, 6.07) is 170. The Kier molecular flexibility index (Phi) is 18.2. The van der Waals surface area contributed by atoms with Gasteiger partial charge in [-0.25, -0.2) is 0 Å². The van der Waals surface area contributed by atoms with E-state index in [4.69, 9.17) is 8.83 Å². The first-order valence-corrected chi connectivity index (χ1v) is 42.3. The van der Waals surface area contributed by atoms with Gasteiger partial charge in [0.05, 0.1) is 22.1 Å². The molecular weight excluding hydrogens is 1510 g/mol. The van der Waals surface area contributed by atoms with Crippen molar-refractivity contribution in [2.75, 3.05) is 9.80 Å². The first-order valence-electron chi connectivity index (χ1n) is 42.3. The van der Waals surface area contributed by atoms with Crippen LogP contribution < -0.4 is 9.80 Å². The van der Waals surface area contributed by atoms with Crippen molar-refractivity contribution in [1.82, 2.24) is 9.13 Å². The van der Waals surface area contributed by atoms with E-state index in [-0.39, 0.29) is 0 Å². The lowest BCUT2D eigenvalue weighted by atomic mass is 9.98. The lowest BCUT2D eigenvalue weighted by molar-refractivity contribution is 0.669. The minimum Gasteiger partial charge on any atom is -0.456 e. The van der Waals surface area contributed by atoms with Crippen LogP contribution in [0.5, 0.6) is 0 Å². The van der Waals surface area contributed by atoms with Gasteiger partial charge in [-0.3, -0.25) is 0 Å². The Balaban J connectivity index is 0.000000143. The normalized spacial score (nSPS) is 11.5. The lowest BCUT2D eigenvalue weighted by Crippen LogP contribution is -2.10. The van der Waals surface area contributed by atoms with Crippen LogP contribution in [0.2, 0.25) is 0 Å². The molecule has 6 nitrogen and oxygen atoms in total. The van der Waals surface area contributed by atoms with Crippen LogP contribution in [-0.4, -0.2) is 9.13 Å². The van der Waals surface area contributed by atoms with E-state index in [1.807, 2.05) is 24.3 Å². The van der Waals surface area contributed by atoms with Gasteiger partial charge in [0, 0.05) is 94.2 Å². The van der Waals surface area contributed by atoms with E-state index in [1.165, 1.54) is 98.9 Å². The maximum atomic E-state index is 6.37. The second-order valence-corrected chi connectivity index (χ2v) is 31.9. The van der Waals surface area contributed by atoms with Gasteiger partial charge in [0.2, 0.25) is 0 Å². The van der Waals surface area contributed by atoms with Crippen LogP contribution >= 0.6 is 0 Å². The molecule has 6 heteroatoms. The van der Waals surface area contributed by atoms with Gasteiger partial charge >= 0.3 is 0 Å². The van der Waals surface area contributed by atoms with Crippen molar-refractivity contribution < 1.29 is 8.83 Å². The van der Waals surface area contributed by atoms with Crippen LogP contribution in [0.1, 0.15) is 0 Å². The highest BCUT2D eigenvalue weighted by atomic mass is 16.3. The van der Waals surface area contributed by atoms with Gasteiger partial charge in [0.15, 0.2) is 0 Å². The molecule has 0 spiro atoms. The molecule has 0 atom stereocenters. The number of rotatable bonds is 15. The quantitative estimate of drug-likeness (QED) is 0.103. The molecule has 0 amide bonds. The van der Waals surface area contributed by atoms with Crippen molar-refractivity contribution in [1.29, 1.82) is 0 Å². The van der Waals surface area contributed by atoms with Crippen LogP contribution in [0.25, 0.3) is 188 Å². The van der Waals surface area contributed by atoms with Gasteiger partial charge in [-0.2, -0.15) is 0 Å². The lowest BCUT2D eigenvalue weighted by Gasteiger charge is -2.26. The van der Waals surface area contributed by atoms with Crippen molar-refractivity contribution >= 4 is 132 Å². The highest BCUT2D eigenvalue weighted by molar-refractivity contribution is 6.12. The summed E-state index contributed by atoms with van der Waals surface area (Å²) in [6.45, 7) is 0. The first-order chi connectivity index (χ1) is 61.4. The van der Waals surface area contributed by atoms with E-state index in [9.17, 15) is 0 Å². The third kappa shape index (κ3) is 13.3. The fraction of sp³-hybridized carbons (Fsp3) is 0. The zero-order chi connectivity index (χ0) is 82.0. The second kappa shape index (κ2) is 31.0. The van der Waals surface area contributed by atoms with Crippen molar-refractivity contribution in [3.8, 4) is 89.3 Å². The smallest absolute Gasteiger partial charge is 0.143 e. The minimum atomic E-state index is 0.898. The van der Waals surface area contributed by atoms with Gasteiger partial charge in [-0.1, -0.05) is 334 Å². The van der Waals surface area contributed by atoms with Gasteiger partial charge in [0.25, 0.3) is 0 Å². The van der Waals surface area contributed by atoms with Crippen molar-refractivity contribution in [2.45, 2.75) is 0 Å². The number of hydrogen-bond acceptors (Lipinski definition) is 4. The third-order valence-electron chi connectivity index (χ3n) is 24.6. The molecule has 20 aromatic carbocycles. The number of nitrogens with zero attached hydrogens (tertiary/aromatic N) is 4. The molecule has 0 N–H and O–H groups in total. The molecule has 0 unspecified atom stereocenters. The Morgan fingerprint density at radius 2 is 0.468 bits per heavy atom. The summed E-state index contributed by atoms with van der Waals surface area (Å²) in [5, 5.41) is 12.1. The summed E-state index contributed by atoms with van der Waals surface area (Å²) in [6.07, 6.45) is 0. The summed E-state index contributed by atoms with van der Waals surface area (Å²) in [4.78, 5) is 4.72. The standard InChI is InChI=1S/C60H40N2O.C58H38N2O/c1-2-12-41(13-3-1)42-24-26-43(27-25-42)45-32-36-48(37-33-45)61(50-14-10-15-51(40-50)62-57-21-7-4-16-53(57)54-17-5-8-22-58(54)62)49-38-34-46(35-39-49)44-28-30-47(31-29-44)52-19-11-20-56-55-18-6-9-23-59(55)63-60(52)56;1-2-11-44-36-45(25-24-39(44)10-1)42-22-20-40(21-23-42)41-26-31-47(32-27-41)59(48-33-28-43(29-34-48)46-30-35-54-53-16-5-8-19-57(53)61-58(54)37-46)49-12-9-13-50(38-49)60-55-17-6-3-14-51(55)52-15-4-7-18-56(52)60/h1-40H;1-38H. The van der Waals surface area contributed by atoms with E-state index in [1.54, 1.807) is 0 Å². The van der Waals surface area contributed by atoms with E-state index in [2.05, 4.69) is 468 Å². The summed E-state index contributed by atoms with van der Waals surface area (Å²) in [5.74, 6) is 0. The fourth-order valence-electron chi connectivity index (χ4n) is 18.5. The molecule has 4 aromatic heterocycles. The SMILES string of the molecule is c1cc(N(c2ccc(-c3ccc(-c4ccc5ccccc5c4)cc3)cc2)c2ccc(-c3ccc4c(c3)oc3ccccc34)cc2)cc(-n2c3ccccc3c3ccccc32)c1.c1ccc(-c2ccc(-c3ccc(N(c4ccc(-c5ccc(-c6cccc7c6oc6ccccc67)cc5)cc4)c4cccc(-n5c6ccccc6c6ccccc65)c4)cc3)cc2)cc1. The topological polar surface area (TPSA) is 42.6 Å². The monoisotopic (exact) mass is 1580 g/mol. The maximum Gasteiger partial charge on any atom is 0.143 e. The van der Waals surface area contributed by atoms with E-state index >= 15 is 0 Å². The van der Waals surface area contributed by atoms with Crippen molar-refractivity contribution in [2.24, 2.45) is 0 Å². The predicted molar refractivity (Wildman–Crippen MR) is 521 cm³/mol. The first kappa shape index (κ1) is 72.7. The van der Waals surface area contributed by atoms with Crippen LogP contribution in [-0.2, 0) is 0 Å². The molecule has 124 heavy (non-hydrogen) atoms. The Morgan fingerprint density at radius 1 is 0.161 bits per heavy atom. The molecule has 0 aliphatic rings. The maximum absolute atomic E-state index is 6.37. The number of hydrogen-bond donors (Lipinski definition) is 0. The Morgan fingerprint density at radius 3 is 0.919 bits per heavy atom. The van der Waals surface area contributed by atoms with E-state index < -0.39 is 0 Å². The zero-order valence-corrected chi connectivity index (χ0v) is 67.6. The molecule has 4 heterocycles. The molecular formula is C118H78N4O2. The molecule has 0 saturated heterocycles. The van der Waals surface area contributed by atoms with E-state index in [0.29, 0.717) is 0 Å². The third-order valence-corrected chi connectivity index (χ3v) is 24.6. The van der Waals surface area contributed by atoms with Crippen molar-refractivity contribution in [3.05, 3.63) is 473 Å².